The summed E-state index contributed by atoms with van der Waals surface area (Å²) in [5.74, 6) is 0.276. The molecule has 7 heteroatoms. The van der Waals surface area contributed by atoms with Crippen molar-refractivity contribution in [1.82, 2.24) is 20.0 Å². The van der Waals surface area contributed by atoms with Crippen LogP contribution in [0, 0.1) is 5.92 Å². The number of nitrogens with zero attached hydrogens (tertiary/aromatic N) is 3. The number of aromatic nitrogens is 2. The van der Waals surface area contributed by atoms with Crippen molar-refractivity contribution in [3.63, 3.8) is 0 Å². The molecule has 1 aliphatic heterocycles. The predicted molar refractivity (Wildman–Crippen MR) is 89.5 cm³/mol. The molecule has 0 aromatic carbocycles. The summed E-state index contributed by atoms with van der Waals surface area (Å²) < 4.78 is 6.92. The van der Waals surface area contributed by atoms with E-state index in [-0.39, 0.29) is 17.7 Å². The first-order valence-electron chi connectivity index (χ1n) is 8.85. The van der Waals surface area contributed by atoms with E-state index in [1.54, 1.807) is 11.0 Å². The molecule has 1 N–H and O–H groups in total. The van der Waals surface area contributed by atoms with E-state index in [9.17, 15) is 9.59 Å². The summed E-state index contributed by atoms with van der Waals surface area (Å²) in [7, 11) is 0. The van der Waals surface area contributed by atoms with E-state index in [1.807, 2.05) is 10.7 Å². The predicted octanol–water partition coefficient (Wildman–Crippen LogP) is 1.94. The fourth-order valence-corrected chi connectivity index (χ4v) is 3.66. The van der Waals surface area contributed by atoms with Gasteiger partial charge in [0.1, 0.15) is 6.26 Å². The molecule has 0 saturated heterocycles. The van der Waals surface area contributed by atoms with Gasteiger partial charge in [-0.2, -0.15) is 5.10 Å². The van der Waals surface area contributed by atoms with Gasteiger partial charge < -0.3 is 14.6 Å². The second-order valence-electron chi connectivity index (χ2n) is 6.79. The number of hydrogen-bond donors (Lipinski definition) is 1. The molecule has 132 valence electrons. The summed E-state index contributed by atoms with van der Waals surface area (Å²) in [6, 6.07) is 3.65. The Balaban J connectivity index is 1.37. The normalized spacial score (nSPS) is 17.5. The van der Waals surface area contributed by atoms with E-state index in [0.29, 0.717) is 31.7 Å². The van der Waals surface area contributed by atoms with Crippen LogP contribution in [-0.2, 0) is 24.4 Å². The standard InChI is InChI=1S/C18H22N4O3/c23-17(13-3-1-2-4-13)19-10-15-9-16-11-21(6-7-22(16)20-15)18(24)14-5-8-25-12-14/h5,8-9,12-13H,1-4,6-7,10-11H2,(H,19,23). The summed E-state index contributed by atoms with van der Waals surface area (Å²) in [5.41, 5.74) is 2.41. The van der Waals surface area contributed by atoms with Crippen LogP contribution in [0.15, 0.2) is 29.1 Å². The zero-order valence-corrected chi connectivity index (χ0v) is 14.1. The summed E-state index contributed by atoms with van der Waals surface area (Å²) in [6.07, 6.45) is 7.27. The lowest BCUT2D eigenvalue weighted by Crippen LogP contribution is -2.38. The average molecular weight is 342 g/mol. The Morgan fingerprint density at radius 2 is 2.12 bits per heavy atom. The minimum Gasteiger partial charge on any atom is -0.472 e. The molecule has 2 aromatic heterocycles. The first-order valence-corrected chi connectivity index (χ1v) is 8.85. The van der Waals surface area contributed by atoms with Crippen LogP contribution in [0.1, 0.15) is 47.4 Å². The second-order valence-corrected chi connectivity index (χ2v) is 6.79. The smallest absolute Gasteiger partial charge is 0.257 e. The number of carbonyl (C=O) groups is 2. The van der Waals surface area contributed by atoms with Crippen LogP contribution in [0.2, 0.25) is 0 Å². The fraction of sp³-hybridized carbons (Fsp3) is 0.500. The number of hydrogen-bond acceptors (Lipinski definition) is 4. The quantitative estimate of drug-likeness (QED) is 0.921. The molecule has 1 aliphatic carbocycles. The van der Waals surface area contributed by atoms with Gasteiger partial charge >= 0.3 is 0 Å². The van der Waals surface area contributed by atoms with Gasteiger partial charge in [0.2, 0.25) is 5.91 Å². The van der Waals surface area contributed by atoms with Gasteiger partial charge in [0.05, 0.1) is 42.8 Å². The maximum absolute atomic E-state index is 12.4. The summed E-state index contributed by atoms with van der Waals surface area (Å²) in [4.78, 5) is 26.3. The fourth-order valence-electron chi connectivity index (χ4n) is 3.66. The van der Waals surface area contributed by atoms with E-state index < -0.39 is 0 Å². The Labute approximate surface area is 146 Å². The molecule has 2 aromatic rings. The second kappa shape index (κ2) is 6.74. The van der Waals surface area contributed by atoms with Crippen LogP contribution in [-0.4, -0.2) is 33.0 Å². The van der Waals surface area contributed by atoms with Crippen molar-refractivity contribution in [3.05, 3.63) is 41.6 Å². The first kappa shape index (κ1) is 15.9. The third kappa shape index (κ3) is 3.31. The monoisotopic (exact) mass is 342 g/mol. The lowest BCUT2D eigenvalue weighted by Gasteiger charge is -2.27. The van der Waals surface area contributed by atoms with Gasteiger partial charge in [0.15, 0.2) is 0 Å². The van der Waals surface area contributed by atoms with Gasteiger partial charge in [-0.3, -0.25) is 14.3 Å². The number of furan rings is 1. The van der Waals surface area contributed by atoms with E-state index in [2.05, 4.69) is 10.4 Å². The number of nitrogens with one attached hydrogen (secondary N) is 1. The molecule has 1 saturated carbocycles. The maximum atomic E-state index is 12.4. The summed E-state index contributed by atoms with van der Waals surface area (Å²) in [6.45, 7) is 2.25. The first-order chi connectivity index (χ1) is 12.2. The zero-order chi connectivity index (χ0) is 17.2. The van der Waals surface area contributed by atoms with Crippen LogP contribution >= 0.6 is 0 Å². The third-order valence-corrected chi connectivity index (χ3v) is 5.07. The molecule has 0 atom stereocenters. The van der Waals surface area contributed by atoms with E-state index in [4.69, 9.17) is 4.42 Å². The Hall–Kier alpha value is -2.57. The highest BCUT2D eigenvalue weighted by molar-refractivity contribution is 5.93. The number of carbonyl (C=O) groups excluding carboxylic acids is 2. The molecule has 2 aliphatic rings. The molecule has 3 heterocycles. The van der Waals surface area contributed by atoms with Gasteiger partial charge in [-0.15, -0.1) is 0 Å². The van der Waals surface area contributed by atoms with E-state index >= 15 is 0 Å². The molecule has 0 radical (unpaired) electrons. The molecule has 25 heavy (non-hydrogen) atoms. The number of fused-ring (bicyclic) bond motifs is 1. The van der Waals surface area contributed by atoms with Crippen molar-refractivity contribution in [2.45, 2.75) is 45.3 Å². The molecule has 1 fully saturated rings. The van der Waals surface area contributed by atoms with Crippen molar-refractivity contribution in [3.8, 4) is 0 Å². The molecular weight excluding hydrogens is 320 g/mol. The number of rotatable bonds is 4. The highest BCUT2D eigenvalue weighted by atomic mass is 16.3. The van der Waals surface area contributed by atoms with Crippen LogP contribution in [0.3, 0.4) is 0 Å². The summed E-state index contributed by atoms with van der Waals surface area (Å²) in [5, 5.41) is 7.55. The van der Waals surface area contributed by atoms with Crippen molar-refractivity contribution in [2.24, 2.45) is 5.92 Å². The Morgan fingerprint density at radius 3 is 2.88 bits per heavy atom. The van der Waals surface area contributed by atoms with Crippen molar-refractivity contribution < 1.29 is 14.0 Å². The van der Waals surface area contributed by atoms with Crippen LogP contribution in [0.5, 0.6) is 0 Å². The van der Waals surface area contributed by atoms with Crippen molar-refractivity contribution in [2.75, 3.05) is 6.54 Å². The van der Waals surface area contributed by atoms with Gasteiger partial charge in [-0.05, 0) is 25.0 Å². The van der Waals surface area contributed by atoms with Crippen molar-refractivity contribution >= 4 is 11.8 Å². The summed E-state index contributed by atoms with van der Waals surface area (Å²) >= 11 is 0. The molecule has 2 amide bonds. The lowest BCUT2D eigenvalue weighted by molar-refractivity contribution is -0.125. The van der Waals surface area contributed by atoms with Gasteiger partial charge in [-0.25, -0.2) is 0 Å². The van der Waals surface area contributed by atoms with Crippen molar-refractivity contribution in [1.29, 1.82) is 0 Å². The third-order valence-electron chi connectivity index (χ3n) is 5.07. The molecular formula is C18H22N4O3. The Bertz CT molecular complexity index is 759. The Kier molecular flexibility index (Phi) is 4.29. The SMILES string of the molecule is O=C(NCc1cc2n(n1)CCN(C(=O)c1ccoc1)C2)C1CCCC1. The maximum Gasteiger partial charge on any atom is 0.257 e. The molecule has 0 unspecified atom stereocenters. The van der Waals surface area contributed by atoms with Crippen LogP contribution in [0.25, 0.3) is 0 Å². The topological polar surface area (TPSA) is 80.4 Å². The minimum absolute atomic E-state index is 0.0303. The highest BCUT2D eigenvalue weighted by Gasteiger charge is 2.25. The van der Waals surface area contributed by atoms with E-state index in [0.717, 1.165) is 37.1 Å². The lowest BCUT2D eigenvalue weighted by atomic mass is 10.1. The van der Waals surface area contributed by atoms with Gasteiger partial charge in [0.25, 0.3) is 5.91 Å². The van der Waals surface area contributed by atoms with Crippen LogP contribution < -0.4 is 5.32 Å². The largest absolute Gasteiger partial charge is 0.472 e. The van der Waals surface area contributed by atoms with Gasteiger partial charge in [-0.1, -0.05) is 12.8 Å². The minimum atomic E-state index is -0.0303. The zero-order valence-electron chi connectivity index (χ0n) is 14.1. The number of amides is 2. The highest BCUT2D eigenvalue weighted by Crippen LogP contribution is 2.24. The van der Waals surface area contributed by atoms with Gasteiger partial charge in [0, 0.05) is 12.5 Å². The molecule has 0 bridgehead atoms. The average Bonchev–Trinajstić information content (AvgIpc) is 3.39. The molecule has 4 rings (SSSR count). The van der Waals surface area contributed by atoms with E-state index in [1.165, 1.54) is 12.5 Å². The Morgan fingerprint density at radius 1 is 1.28 bits per heavy atom. The van der Waals surface area contributed by atoms with Crippen LogP contribution in [0.4, 0.5) is 0 Å². The molecule has 0 spiro atoms. The molecule has 7 nitrogen and oxygen atoms in total.